The first-order valence-corrected chi connectivity index (χ1v) is 12.8. The van der Waals surface area contributed by atoms with E-state index in [4.69, 9.17) is 11.6 Å². The standard InChI is InChI=1S/C26H18ClFN8O3S/c1-13-5-17(11-30-10-13)36-25(38)34-23(35(26(36)39)12-15-3-4-19(28)16(6-15)9-29)32-20-8-22-21(7-18(20)27)33-24(40-22)31-14(2)37/h3-8,10-11H,12H2,1-2H3,(H,31,33,37)(H,32,34,38). The lowest BCUT2D eigenvalue weighted by molar-refractivity contribution is -0.114. The maximum Gasteiger partial charge on any atom is 0.359 e. The van der Waals surface area contributed by atoms with Gasteiger partial charge in [-0.25, -0.2) is 23.5 Å². The van der Waals surface area contributed by atoms with Gasteiger partial charge in [-0.3, -0.25) is 14.3 Å². The van der Waals surface area contributed by atoms with E-state index in [0.717, 1.165) is 16.2 Å². The molecule has 1 amide bonds. The van der Waals surface area contributed by atoms with Gasteiger partial charge >= 0.3 is 11.4 Å². The summed E-state index contributed by atoms with van der Waals surface area (Å²) < 4.78 is 16.7. The Morgan fingerprint density at radius 2 is 1.98 bits per heavy atom. The third kappa shape index (κ3) is 5.31. The number of anilines is 3. The lowest BCUT2D eigenvalue weighted by atomic mass is 10.1. The number of amides is 1. The Morgan fingerprint density at radius 1 is 1.18 bits per heavy atom. The number of aryl methyl sites for hydroxylation is 1. The zero-order valence-corrected chi connectivity index (χ0v) is 22.5. The Kier molecular flexibility index (Phi) is 7.12. The van der Waals surface area contributed by atoms with Gasteiger partial charge in [0.05, 0.1) is 44.9 Å². The Balaban J connectivity index is 1.65. The molecule has 0 aliphatic rings. The molecule has 11 nitrogen and oxygen atoms in total. The number of carbonyl (C=O) groups excluding carboxylic acids is 1. The molecule has 2 aromatic carbocycles. The molecule has 200 valence electrons. The summed E-state index contributed by atoms with van der Waals surface area (Å²) in [6, 6.07) is 10.5. The fourth-order valence-corrected chi connectivity index (χ4v) is 5.06. The molecule has 40 heavy (non-hydrogen) atoms. The lowest BCUT2D eigenvalue weighted by Crippen LogP contribution is -2.41. The normalized spacial score (nSPS) is 10.9. The summed E-state index contributed by atoms with van der Waals surface area (Å²) in [6.45, 7) is 2.97. The highest BCUT2D eigenvalue weighted by Crippen LogP contribution is 2.34. The summed E-state index contributed by atoms with van der Waals surface area (Å²) in [5.41, 5.74) is 0.398. The van der Waals surface area contributed by atoms with Crippen LogP contribution in [0.15, 0.2) is 58.4 Å². The molecule has 5 rings (SSSR count). The number of rotatable bonds is 6. The van der Waals surface area contributed by atoms with E-state index >= 15 is 0 Å². The zero-order chi connectivity index (χ0) is 28.6. The van der Waals surface area contributed by atoms with E-state index in [-0.39, 0.29) is 34.7 Å². The van der Waals surface area contributed by atoms with Crippen LogP contribution in [-0.4, -0.2) is 30.0 Å². The summed E-state index contributed by atoms with van der Waals surface area (Å²) in [7, 11) is 0. The summed E-state index contributed by atoms with van der Waals surface area (Å²) in [5, 5.41) is 15.4. The molecule has 0 atom stereocenters. The van der Waals surface area contributed by atoms with Gasteiger partial charge in [0, 0.05) is 13.1 Å². The predicted molar refractivity (Wildman–Crippen MR) is 149 cm³/mol. The average molecular weight is 577 g/mol. The number of carbonyl (C=O) groups is 1. The van der Waals surface area contributed by atoms with E-state index in [1.807, 2.05) is 0 Å². The average Bonchev–Trinajstić information content (AvgIpc) is 3.27. The van der Waals surface area contributed by atoms with E-state index in [2.05, 4.69) is 25.6 Å². The van der Waals surface area contributed by atoms with E-state index in [1.165, 1.54) is 41.2 Å². The fourth-order valence-electron chi connectivity index (χ4n) is 3.92. The van der Waals surface area contributed by atoms with Crippen molar-refractivity contribution in [3.8, 4) is 11.8 Å². The summed E-state index contributed by atoms with van der Waals surface area (Å²) in [6.07, 6.45) is 2.94. The zero-order valence-electron chi connectivity index (χ0n) is 20.9. The van der Waals surface area contributed by atoms with E-state index < -0.39 is 17.2 Å². The highest BCUT2D eigenvalue weighted by atomic mass is 35.5. The summed E-state index contributed by atoms with van der Waals surface area (Å²) in [5.74, 6) is -1.11. The third-order valence-corrected chi connectivity index (χ3v) is 6.93. The predicted octanol–water partition coefficient (Wildman–Crippen LogP) is 4.12. The molecule has 0 aliphatic carbocycles. The molecule has 0 saturated heterocycles. The van der Waals surface area contributed by atoms with Crippen LogP contribution in [0.2, 0.25) is 5.02 Å². The van der Waals surface area contributed by atoms with E-state index in [9.17, 15) is 24.0 Å². The molecule has 0 saturated carbocycles. The minimum absolute atomic E-state index is 0.137. The van der Waals surface area contributed by atoms with Crippen molar-refractivity contribution in [1.29, 1.82) is 5.26 Å². The molecular formula is C26H18ClFN8O3S. The van der Waals surface area contributed by atoms with Crippen LogP contribution in [-0.2, 0) is 11.3 Å². The van der Waals surface area contributed by atoms with Crippen molar-refractivity contribution in [3.63, 3.8) is 0 Å². The third-order valence-electron chi connectivity index (χ3n) is 5.69. The van der Waals surface area contributed by atoms with Gasteiger partial charge < -0.3 is 10.6 Å². The number of nitrogens with one attached hydrogen (secondary N) is 2. The first-order chi connectivity index (χ1) is 19.1. The van der Waals surface area contributed by atoms with Crippen molar-refractivity contribution in [2.24, 2.45) is 0 Å². The Hall–Kier alpha value is -4.93. The molecule has 2 N–H and O–H groups in total. The number of benzene rings is 2. The van der Waals surface area contributed by atoms with Gasteiger partial charge in [-0.2, -0.15) is 10.2 Å². The second-order valence-electron chi connectivity index (χ2n) is 8.69. The Bertz CT molecular complexity index is 1980. The monoisotopic (exact) mass is 576 g/mol. The number of halogens is 2. The number of fused-ring (bicyclic) bond motifs is 1. The molecule has 0 radical (unpaired) electrons. The van der Waals surface area contributed by atoms with Crippen molar-refractivity contribution in [1.82, 2.24) is 24.1 Å². The minimum Gasteiger partial charge on any atom is -0.324 e. The minimum atomic E-state index is -0.865. The topological polar surface area (TPSA) is 148 Å². The number of aromatic nitrogens is 5. The largest absolute Gasteiger partial charge is 0.359 e. The van der Waals surface area contributed by atoms with Crippen LogP contribution in [0.1, 0.15) is 23.6 Å². The Morgan fingerprint density at radius 3 is 2.70 bits per heavy atom. The number of hydrogen-bond acceptors (Lipinski definition) is 9. The van der Waals surface area contributed by atoms with Crippen molar-refractivity contribution < 1.29 is 9.18 Å². The molecule has 0 spiro atoms. The molecule has 3 aromatic heterocycles. The first kappa shape index (κ1) is 26.7. The SMILES string of the molecule is CC(=O)Nc1nc2cc(Cl)c(Nc3nc(=O)n(-c4cncc(C)c4)c(=O)n3Cc3ccc(F)c(C#N)c3)cc2s1. The van der Waals surface area contributed by atoms with Gasteiger partial charge in [-0.15, -0.1) is 0 Å². The van der Waals surface area contributed by atoms with Crippen LogP contribution >= 0.6 is 22.9 Å². The molecule has 0 aliphatic heterocycles. The van der Waals surface area contributed by atoms with Gasteiger partial charge in [0.15, 0.2) is 5.13 Å². The number of thiazole rings is 1. The van der Waals surface area contributed by atoms with Crippen LogP contribution in [0.5, 0.6) is 0 Å². The second kappa shape index (κ2) is 10.7. The Labute approximate surface area is 234 Å². The molecule has 0 bridgehead atoms. The maximum atomic E-state index is 14.0. The van der Waals surface area contributed by atoms with Crippen LogP contribution in [0.4, 0.5) is 21.2 Å². The second-order valence-corrected chi connectivity index (χ2v) is 10.1. The van der Waals surface area contributed by atoms with Crippen LogP contribution in [0.25, 0.3) is 15.9 Å². The van der Waals surface area contributed by atoms with Gasteiger partial charge in [-0.1, -0.05) is 29.0 Å². The first-order valence-electron chi connectivity index (χ1n) is 11.6. The number of hydrogen-bond donors (Lipinski definition) is 2. The highest BCUT2D eigenvalue weighted by molar-refractivity contribution is 7.22. The molecular weight excluding hydrogens is 559 g/mol. The number of pyridine rings is 1. The van der Waals surface area contributed by atoms with Gasteiger partial charge in [0.25, 0.3) is 0 Å². The fraction of sp³-hybridized carbons (Fsp3) is 0.115. The summed E-state index contributed by atoms with van der Waals surface area (Å²) >= 11 is 7.70. The maximum absolute atomic E-state index is 14.0. The lowest BCUT2D eigenvalue weighted by Gasteiger charge is -2.16. The van der Waals surface area contributed by atoms with Crippen LogP contribution in [0, 0.1) is 24.1 Å². The number of nitriles is 1. The highest BCUT2D eigenvalue weighted by Gasteiger charge is 2.18. The van der Waals surface area contributed by atoms with Crippen LogP contribution < -0.4 is 22.0 Å². The number of nitrogens with zero attached hydrogens (tertiary/aromatic N) is 6. The smallest absolute Gasteiger partial charge is 0.324 e. The van der Waals surface area contributed by atoms with Gasteiger partial charge in [0.1, 0.15) is 11.9 Å². The van der Waals surface area contributed by atoms with E-state index in [1.54, 1.807) is 37.4 Å². The summed E-state index contributed by atoms with van der Waals surface area (Å²) in [4.78, 5) is 50.8. The quantitative estimate of drug-likeness (QED) is 0.307. The molecule has 3 heterocycles. The van der Waals surface area contributed by atoms with Crippen molar-refractivity contribution in [2.75, 3.05) is 10.6 Å². The van der Waals surface area contributed by atoms with Gasteiger partial charge in [-0.05, 0) is 48.4 Å². The van der Waals surface area contributed by atoms with Gasteiger partial charge in [0.2, 0.25) is 11.9 Å². The van der Waals surface area contributed by atoms with Crippen molar-refractivity contribution in [3.05, 3.63) is 97.3 Å². The molecule has 0 unspecified atom stereocenters. The van der Waals surface area contributed by atoms with Crippen LogP contribution in [0.3, 0.4) is 0 Å². The molecule has 14 heteroatoms. The molecule has 0 fully saturated rings. The van der Waals surface area contributed by atoms with Crippen molar-refractivity contribution >= 4 is 55.8 Å². The molecule has 5 aromatic rings. The van der Waals surface area contributed by atoms with Crippen molar-refractivity contribution in [2.45, 2.75) is 20.4 Å². The van der Waals surface area contributed by atoms with E-state index in [0.29, 0.717) is 26.6 Å².